The number of nitrogens with zero attached hydrogens (tertiary/aromatic N) is 7. The number of amides is 1. The molecule has 32 heavy (non-hydrogen) atoms. The first-order valence-electron chi connectivity index (χ1n) is 11.1. The quantitative estimate of drug-likeness (QED) is 0.491. The van der Waals surface area contributed by atoms with E-state index in [1.54, 1.807) is 17.4 Å². The fourth-order valence-electron chi connectivity index (χ4n) is 3.77. The second-order valence-corrected chi connectivity index (χ2v) is 7.78. The molecule has 0 unspecified atom stereocenters. The van der Waals surface area contributed by atoms with E-state index < -0.39 is 0 Å². The van der Waals surface area contributed by atoms with Crippen molar-refractivity contribution < 1.29 is 4.79 Å². The van der Waals surface area contributed by atoms with Crippen LogP contribution >= 0.6 is 0 Å². The Morgan fingerprint density at radius 3 is 2.72 bits per heavy atom. The maximum absolute atomic E-state index is 12.2. The number of hydrogen-bond donors (Lipinski definition) is 2. The number of carbonyl (C=O) groups is 1. The van der Waals surface area contributed by atoms with E-state index >= 15 is 0 Å². The van der Waals surface area contributed by atoms with E-state index in [2.05, 4.69) is 20.4 Å². The molecule has 0 radical (unpaired) electrons. The Morgan fingerprint density at radius 1 is 1.09 bits per heavy atom. The van der Waals surface area contributed by atoms with E-state index in [9.17, 15) is 4.79 Å². The van der Waals surface area contributed by atoms with Crippen molar-refractivity contribution >= 4 is 17.5 Å². The lowest BCUT2D eigenvalue weighted by molar-refractivity contribution is -0.117. The highest BCUT2D eigenvalue weighted by Crippen LogP contribution is 2.30. The van der Waals surface area contributed by atoms with Gasteiger partial charge in [0.1, 0.15) is 12.0 Å². The number of unbranched alkanes of at least 4 members (excludes halogenated alkanes) is 3. The lowest BCUT2D eigenvalue weighted by Gasteiger charge is -2.27. The first-order valence-corrected chi connectivity index (χ1v) is 11.1. The summed E-state index contributed by atoms with van der Waals surface area (Å²) >= 11 is 0. The van der Waals surface area contributed by atoms with E-state index in [-0.39, 0.29) is 12.5 Å². The SMILES string of the molecule is CCN1C(=O)CNc2ncc(-c3ccc(-c4ncn(CCCCCCN)n4)nc3C)nc21. The van der Waals surface area contributed by atoms with Crippen LogP contribution in [0, 0.1) is 6.92 Å². The summed E-state index contributed by atoms with van der Waals surface area (Å²) in [7, 11) is 0. The number of pyridine rings is 1. The highest BCUT2D eigenvalue weighted by molar-refractivity contribution is 6.00. The van der Waals surface area contributed by atoms with Crippen molar-refractivity contribution in [2.45, 2.75) is 46.1 Å². The molecule has 168 valence electrons. The van der Waals surface area contributed by atoms with Crippen molar-refractivity contribution in [2.24, 2.45) is 5.73 Å². The summed E-state index contributed by atoms with van der Waals surface area (Å²) in [6.45, 7) is 6.21. The van der Waals surface area contributed by atoms with E-state index in [0.29, 0.717) is 35.4 Å². The second kappa shape index (κ2) is 9.82. The minimum atomic E-state index is -0.0160. The average Bonchev–Trinajstić information content (AvgIpc) is 3.27. The summed E-state index contributed by atoms with van der Waals surface area (Å²) in [4.78, 5) is 32.1. The van der Waals surface area contributed by atoms with Gasteiger partial charge in [0.2, 0.25) is 5.91 Å². The second-order valence-electron chi connectivity index (χ2n) is 7.78. The molecule has 0 aromatic carbocycles. The maximum Gasteiger partial charge on any atom is 0.247 e. The molecule has 4 rings (SSSR count). The van der Waals surface area contributed by atoms with Gasteiger partial charge in [-0.15, -0.1) is 5.10 Å². The van der Waals surface area contributed by atoms with E-state index in [1.165, 1.54) is 0 Å². The molecule has 3 aromatic rings. The van der Waals surface area contributed by atoms with E-state index in [1.807, 2.05) is 30.7 Å². The Bertz CT molecular complexity index is 1090. The van der Waals surface area contributed by atoms with Crippen LogP contribution in [0.5, 0.6) is 0 Å². The van der Waals surface area contributed by atoms with Gasteiger partial charge < -0.3 is 11.1 Å². The Morgan fingerprint density at radius 2 is 1.94 bits per heavy atom. The lowest BCUT2D eigenvalue weighted by Crippen LogP contribution is -2.40. The van der Waals surface area contributed by atoms with E-state index in [4.69, 9.17) is 15.7 Å². The summed E-state index contributed by atoms with van der Waals surface area (Å²) in [5.41, 5.74) is 8.58. The Labute approximate surface area is 187 Å². The van der Waals surface area contributed by atoms with Crippen molar-refractivity contribution in [1.29, 1.82) is 0 Å². The van der Waals surface area contributed by atoms with Gasteiger partial charge in [-0.3, -0.25) is 14.4 Å². The predicted molar refractivity (Wildman–Crippen MR) is 123 cm³/mol. The van der Waals surface area contributed by atoms with Crippen molar-refractivity contribution in [3.05, 3.63) is 30.4 Å². The molecule has 4 heterocycles. The number of anilines is 2. The molecule has 0 fully saturated rings. The average molecular weight is 436 g/mol. The predicted octanol–water partition coefficient (Wildman–Crippen LogP) is 2.40. The van der Waals surface area contributed by atoms with Gasteiger partial charge >= 0.3 is 0 Å². The van der Waals surface area contributed by atoms with Crippen LogP contribution in [-0.4, -0.2) is 55.3 Å². The number of likely N-dealkylation sites (N-methyl/N-ethyl adjacent to an activating group) is 1. The minimum absolute atomic E-state index is 0.0160. The molecular weight excluding hydrogens is 406 g/mol. The van der Waals surface area contributed by atoms with Crippen LogP contribution in [0.2, 0.25) is 0 Å². The standard InChI is InChI=1S/C22H29N9O/c1-3-31-19(32)13-25-21-22(31)28-18(12-24-21)16-8-9-17(27-15(16)2)20-26-14-30(29-20)11-7-5-4-6-10-23/h8-9,12,14H,3-7,10-11,13,23H2,1-2H3,(H,24,25). The topological polar surface area (TPSA) is 128 Å². The monoisotopic (exact) mass is 435 g/mol. The third-order valence-corrected chi connectivity index (χ3v) is 5.50. The number of aryl methyl sites for hydroxylation is 2. The van der Waals surface area contributed by atoms with Crippen molar-refractivity contribution in [3.8, 4) is 22.8 Å². The largest absolute Gasteiger partial charge is 0.358 e. The van der Waals surface area contributed by atoms with Crippen LogP contribution in [0.3, 0.4) is 0 Å². The lowest BCUT2D eigenvalue weighted by atomic mass is 10.1. The Kier molecular flexibility index (Phi) is 6.69. The first-order chi connectivity index (χ1) is 15.6. The molecule has 10 nitrogen and oxygen atoms in total. The molecule has 10 heteroatoms. The van der Waals surface area contributed by atoms with Gasteiger partial charge in [-0.05, 0) is 45.4 Å². The number of nitrogens with one attached hydrogen (secondary N) is 1. The zero-order valence-electron chi connectivity index (χ0n) is 18.6. The van der Waals surface area contributed by atoms with Crippen molar-refractivity contribution in [3.63, 3.8) is 0 Å². The molecule has 1 aliphatic rings. The van der Waals surface area contributed by atoms with Gasteiger partial charge in [0.15, 0.2) is 17.5 Å². The third kappa shape index (κ3) is 4.59. The zero-order chi connectivity index (χ0) is 22.5. The van der Waals surface area contributed by atoms with Gasteiger partial charge in [0.05, 0.1) is 18.4 Å². The van der Waals surface area contributed by atoms with Gasteiger partial charge in [-0.25, -0.2) is 19.9 Å². The Hall–Kier alpha value is -3.40. The van der Waals surface area contributed by atoms with Crippen LogP contribution in [0.15, 0.2) is 24.7 Å². The van der Waals surface area contributed by atoms with Gasteiger partial charge in [0.25, 0.3) is 0 Å². The molecule has 1 amide bonds. The smallest absolute Gasteiger partial charge is 0.247 e. The molecule has 3 N–H and O–H groups in total. The van der Waals surface area contributed by atoms with Crippen LogP contribution in [0.4, 0.5) is 11.6 Å². The third-order valence-electron chi connectivity index (χ3n) is 5.50. The number of nitrogens with two attached hydrogens (primary N) is 1. The Balaban J connectivity index is 1.51. The molecule has 3 aromatic heterocycles. The minimum Gasteiger partial charge on any atom is -0.358 e. The van der Waals surface area contributed by atoms with E-state index in [0.717, 1.165) is 50.0 Å². The number of fused-ring (bicyclic) bond motifs is 1. The highest BCUT2D eigenvalue weighted by Gasteiger charge is 2.25. The summed E-state index contributed by atoms with van der Waals surface area (Å²) in [5.74, 6) is 1.76. The van der Waals surface area contributed by atoms with Gasteiger partial charge in [-0.1, -0.05) is 12.8 Å². The fourth-order valence-corrected chi connectivity index (χ4v) is 3.77. The molecule has 0 atom stereocenters. The maximum atomic E-state index is 12.2. The molecule has 0 saturated heterocycles. The van der Waals surface area contributed by atoms with Gasteiger partial charge in [-0.2, -0.15) is 0 Å². The summed E-state index contributed by atoms with van der Waals surface area (Å²) < 4.78 is 1.86. The number of carbonyl (C=O) groups excluding carboxylic acids is 1. The summed E-state index contributed by atoms with van der Waals surface area (Å²) in [6, 6.07) is 3.85. The first kappa shape index (κ1) is 21.8. The van der Waals surface area contributed by atoms with Crippen LogP contribution in [0.1, 0.15) is 38.3 Å². The van der Waals surface area contributed by atoms with Crippen LogP contribution in [-0.2, 0) is 11.3 Å². The number of hydrogen-bond acceptors (Lipinski definition) is 8. The molecule has 0 spiro atoms. The van der Waals surface area contributed by atoms with Gasteiger partial charge in [0, 0.05) is 24.3 Å². The van der Waals surface area contributed by atoms with Crippen LogP contribution in [0.25, 0.3) is 22.8 Å². The fraction of sp³-hybridized carbons (Fsp3) is 0.455. The molecule has 0 bridgehead atoms. The number of rotatable bonds is 9. The summed E-state index contributed by atoms with van der Waals surface area (Å²) in [5, 5.41) is 7.59. The molecule has 0 saturated carbocycles. The molecule has 1 aliphatic heterocycles. The zero-order valence-corrected chi connectivity index (χ0v) is 18.6. The molecule has 0 aliphatic carbocycles. The normalized spacial score (nSPS) is 13.2. The summed E-state index contributed by atoms with van der Waals surface area (Å²) in [6.07, 6.45) is 7.86. The highest BCUT2D eigenvalue weighted by atomic mass is 16.2. The van der Waals surface area contributed by atoms with Crippen molar-refractivity contribution in [1.82, 2.24) is 29.7 Å². The van der Waals surface area contributed by atoms with Crippen LogP contribution < -0.4 is 16.0 Å². The molecular formula is C22H29N9O. The van der Waals surface area contributed by atoms with Crippen molar-refractivity contribution in [2.75, 3.05) is 29.9 Å². The number of aromatic nitrogens is 6.